The van der Waals surface area contributed by atoms with Gasteiger partial charge >= 0.3 is 0 Å². The number of amides is 1. The van der Waals surface area contributed by atoms with Gasteiger partial charge in [0.1, 0.15) is 0 Å². The number of piperidine rings is 1. The zero-order valence-electron chi connectivity index (χ0n) is 13.5. The lowest BCUT2D eigenvalue weighted by atomic mass is 10.1. The summed E-state index contributed by atoms with van der Waals surface area (Å²) in [7, 11) is 0. The number of hydrogen-bond donors (Lipinski definition) is 0. The Morgan fingerprint density at radius 2 is 1.77 bits per heavy atom. The molecule has 0 N–H and O–H groups in total. The second-order valence-electron chi connectivity index (χ2n) is 6.21. The molecule has 2 aliphatic rings. The number of piperazine rings is 1. The molecule has 3 heterocycles. The van der Waals surface area contributed by atoms with E-state index in [9.17, 15) is 4.79 Å². The van der Waals surface area contributed by atoms with Crippen molar-refractivity contribution >= 4 is 11.6 Å². The number of likely N-dealkylation sites (tertiary alicyclic amines) is 1. The molecule has 0 saturated carbocycles. The first-order chi connectivity index (χ1) is 10.8. The molecule has 3 rings (SSSR count). The lowest BCUT2D eigenvalue weighted by Gasteiger charge is -2.35. The van der Waals surface area contributed by atoms with Gasteiger partial charge in [-0.15, -0.1) is 0 Å². The molecule has 0 radical (unpaired) electrons. The van der Waals surface area contributed by atoms with Crippen LogP contribution < -0.4 is 4.90 Å². The van der Waals surface area contributed by atoms with E-state index in [0.29, 0.717) is 0 Å². The summed E-state index contributed by atoms with van der Waals surface area (Å²) in [6.07, 6.45) is 7.08. The molecule has 1 aromatic rings. The van der Waals surface area contributed by atoms with E-state index in [1.165, 1.54) is 6.42 Å². The Hall–Kier alpha value is -1.62. The third-order valence-corrected chi connectivity index (χ3v) is 4.80. The van der Waals surface area contributed by atoms with Crippen molar-refractivity contribution in [3.8, 4) is 0 Å². The summed E-state index contributed by atoms with van der Waals surface area (Å²) in [4.78, 5) is 23.7. The molecular formula is C17H26N4O. The topological polar surface area (TPSA) is 39.7 Å². The molecule has 5 nitrogen and oxygen atoms in total. The van der Waals surface area contributed by atoms with Gasteiger partial charge in [-0.3, -0.25) is 9.78 Å². The molecule has 0 atom stereocenters. The number of carbonyl (C=O) groups is 1. The van der Waals surface area contributed by atoms with Crippen LogP contribution in [0.2, 0.25) is 0 Å². The molecule has 2 saturated heterocycles. The van der Waals surface area contributed by atoms with Crippen LogP contribution in [0, 0.1) is 0 Å². The molecule has 22 heavy (non-hydrogen) atoms. The summed E-state index contributed by atoms with van der Waals surface area (Å²) in [5.74, 6) is 0.140. The minimum atomic E-state index is 0.140. The van der Waals surface area contributed by atoms with Gasteiger partial charge in [0.25, 0.3) is 5.91 Å². The fourth-order valence-electron chi connectivity index (χ4n) is 3.32. The van der Waals surface area contributed by atoms with Crippen molar-refractivity contribution in [2.45, 2.75) is 26.2 Å². The lowest BCUT2D eigenvalue weighted by Crippen LogP contribution is -2.46. The molecule has 2 fully saturated rings. The van der Waals surface area contributed by atoms with Crippen LogP contribution in [0.5, 0.6) is 0 Å². The van der Waals surface area contributed by atoms with Crippen molar-refractivity contribution in [1.82, 2.24) is 14.8 Å². The summed E-state index contributed by atoms with van der Waals surface area (Å²) in [6, 6.07) is 2.02. The van der Waals surface area contributed by atoms with Crippen LogP contribution in [0.15, 0.2) is 18.5 Å². The Bertz CT molecular complexity index is 505. The van der Waals surface area contributed by atoms with E-state index in [0.717, 1.165) is 69.9 Å². The van der Waals surface area contributed by atoms with E-state index in [1.54, 1.807) is 6.20 Å². The molecule has 0 spiro atoms. The van der Waals surface area contributed by atoms with Gasteiger partial charge in [-0.2, -0.15) is 0 Å². The highest BCUT2D eigenvalue weighted by Gasteiger charge is 2.21. The predicted octanol–water partition coefficient (Wildman–Crippen LogP) is 1.85. The molecule has 0 aliphatic carbocycles. The highest BCUT2D eigenvalue weighted by Crippen LogP contribution is 2.19. The number of nitrogens with zero attached hydrogens (tertiary/aromatic N) is 4. The van der Waals surface area contributed by atoms with Crippen LogP contribution in [0.4, 0.5) is 5.69 Å². The van der Waals surface area contributed by atoms with Crippen molar-refractivity contribution in [1.29, 1.82) is 0 Å². The van der Waals surface area contributed by atoms with E-state index in [2.05, 4.69) is 21.7 Å². The standard InChI is InChI=1S/C17H26N4O/c1-2-19-8-10-20(11-9-19)16-12-15(13-18-14-16)17(22)21-6-4-3-5-7-21/h12-14H,2-11H2,1H3. The van der Waals surface area contributed by atoms with Gasteiger partial charge in [0.2, 0.25) is 0 Å². The summed E-state index contributed by atoms with van der Waals surface area (Å²) in [5, 5.41) is 0. The average Bonchev–Trinajstić information content (AvgIpc) is 2.62. The minimum Gasteiger partial charge on any atom is -0.368 e. The Balaban J connectivity index is 1.68. The van der Waals surface area contributed by atoms with Crippen LogP contribution in [0.1, 0.15) is 36.5 Å². The van der Waals surface area contributed by atoms with Gasteiger partial charge in [-0.25, -0.2) is 0 Å². The zero-order valence-corrected chi connectivity index (χ0v) is 13.5. The maximum Gasteiger partial charge on any atom is 0.255 e. The first kappa shape index (κ1) is 15.3. The van der Waals surface area contributed by atoms with Crippen LogP contribution in [0.3, 0.4) is 0 Å². The summed E-state index contributed by atoms with van der Waals surface area (Å²) in [5.41, 5.74) is 1.82. The van der Waals surface area contributed by atoms with Gasteiger partial charge in [0.05, 0.1) is 17.4 Å². The van der Waals surface area contributed by atoms with E-state index in [-0.39, 0.29) is 5.91 Å². The van der Waals surface area contributed by atoms with Gasteiger partial charge in [-0.1, -0.05) is 6.92 Å². The Morgan fingerprint density at radius 3 is 2.45 bits per heavy atom. The van der Waals surface area contributed by atoms with Crippen molar-refractivity contribution in [3.63, 3.8) is 0 Å². The number of rotatable bonds is 3. The molecule has 1 amide bonds. The predicted molar refractivity (Wildman–Crippen MR) is 88.3 cm³/mol. The SMILES string of the molecule is CCN1CCN(c2cncc(C(=O)N3CCCCC3)c2)CC1. The fraction of sp³-hybridized carbons (Fsp3) is 0.647. The van der Waals surface area contributed by atoms with Crippen molar-refractivity contribution in [2.75, 3.05) is 50.7 Å². The molecule has 5 heteroatoms. The third-order valence-electron chi connectivity index (χ3n) is 4.80. The zero-order chi connectivity index (χ0) is 15.4. The highest BCUT2D eigenvalue weighted by atomic mass is 16.2. The van der Waals surface area contributed by atoms with Crippen LogP contribution in [-0.2, 0) is 0 Å². The lowest BCUT2D eigenvalue weighted by molar-refractivity contribution is 0.0724. The largest absolute Gasteiger partial charge is 0.368 e. The smallest absolute Gasteiger partial charge is 0.255 e. The van der Waals surface area contributed by atoms with Crippen molar-refractivity contribution < 1.29 is 4.79 Å². The third kappa shape index (κ3) is 3.40. The molecule has 1 aromatic heterocycles. The summed E-state index contributed by atoms with van der Waals surface area (Å²) >= 11 is 0. The molecule has 0 bridgehead atoms. The first-order valence-electron chi connectivity index (χ1n) is 8.49. The van der Waals surface area contributed by atoms with Crippen LogP contribution in [0.25, 0.3) is 0 Å². The number of anilines is 1. The van der Waals surface area contributed by atoms with E-state index in [4.69, 9.17) is 0 Å². The maximum absolute atomic E-state index is 12.6. The second-order valence-corrected chi connectivity index (χ2v) is 6.21. The number of hydrogen-bond acceptors (Lipinski definition) is 4. The summed E-state index contributed by atoms with van der Waals surface area (Å²) in [6.45, 7) is 9.28. The summed E-state index contributed by atoms with van der Waals surface area (Å²) < 4.78 is 0. The number of pyridine rings is 1. The van der Waals surface area contributed by atoms with Gasteiger partial charge in [0.15, 0.2) is 0 Å². The van der Waals surface area contributed by atoms with Gasteiger partial charge in [-0.05, 0) is 31.9 Å². The highest BCUT2D eigenvalue weighted by molar-refractivity contribution is 5.94. The van der Waals surface area contributed by atoms with Crippen LogP contribution >= 0.6 is 0 Å². The van der Waals surface area contributed by atoms with Crippen molar-refractivity contribution in [2.24, 2.45) is 0 Å². The van der Waals surface area contributed by atoms with Crippen LogP contribution in [-0.4, -0.2) is 66.5 Å². The number of aromatic nitrogens is 1. The maximum atomic E-state index is 12.6. The molecule has 0 unspecified atom stereocenters. The van der Waals surface area contributed by atoms with Crippen molar-refractivity contribution in [3.05, 3.63) is 24.0 Å². The first-order valence-corrected chi connectivity index (χ1v) is 8.49. The molecule has 2 aliphatic heterocycles. The van der Waals surface area contributed by atoms with E-state index in [1.807, 2.05) is 17.2 Å². The minimum absolute atomic E-state index is 0.140. The Labute approximate surface area is 132 Å². The molecular weight excluding hydrogens is 276 g/mol. The van der Waals surface area contributed by atoms with E-state index < -0.39 is 0 Å². The Morgan fingerprint density at radius 1 is 1.05 bits per heavy atom. The second kappa shape index (κ2) is 7.09. The number of likely N-dealkylation sites (N-methyl/N-ethyl adjacent to an activating group) is 1. The fourth-order valence-corrected chi connectivity index (χ4v) is 3.32. The molecule has 120 valence electrons. The quantitative estimate of drug-likeness (QED) is 0.854. The number of carbonyl (C=O) groups excluding carboxylic acids is 1. The normalized spacial score (nSPS) is 20.2. The molecule has 0 aromatic carbocycles. The van der Waals surface area contributed by atoms with Gasteiger partial charge in [0, 0.05) is 45.5 Å². The monoisotopic (exact) mass is 302 g/mol. The average molecular weight is 302 g/mol. The van der Waals surface area contributed by atoms with E-state index >= 15 is 0 Å². The Kier molecular flexibility index (Phi) is 4.93. The van der Waals surface area contributed by atoms with Gasteiger partial charge < -0.3 is 14.7 Å².